The molecule has 0 saturated carbocycles. The Labute approximate surface area is 88.1 Å². The van der Waals surface area contributed by atoms with E-state index in [9.17, 15) is 4.39 Å². The molecule has 0 heterocycles. The quantitative estimate of drug-likeness (QED) is 0.705. The molecule has 0 amide bonds. The van der Waals surface area contributed by atoms with Gasteiger partial charge in [0, 0.05) is 15.2 Å². The summed E-state index contributed by atoms with van der Waals surface area (Å²) in [7, 11) is 3.39. The van der Waals surface area contributed by atoms with Crippen LogP contribution in [0.1, 0.15) is 17.5 Å². The summed E-state index contributed by atoms with van der Waals surface area (Å²) in [5.41, 5.74) is 7.49. The Balaban J connectivity index is 2.65. The Morgan fingerprint density at radius 1 is 1.54 bits per heavy atom. The third kappa shape index (κ3) is 1.47. The van der Waals surface area contributed by atoms with E-state index in [-0.39, 0.29) is 5.82 Å². The highest BCUT2D eigenvalue weighted by molar-refractivity contribution is 9.10. The molecule has 0 spiro atoms. The molecule has 1 aromatic rings. The molecular weight excluding hydrogens is 249 g/mol. The largest absolute Gasteiger partial charge is 0.325 e. The molecular formula is C9H8BrFNSi. The second kappa shape index (κ2) is 2.90. The zero-order valence-electron chi connectivity index (χ0n) is 6.90. The molecule has 0 aromatic heterocycles. The first-order valence-electron chi connectivity index (χ1n) is 4.03. The molecule has 1 aliphatic rings. The molecule has 0 aliphatic heterocycles. The molecule has 2 N–H and O–H groups in total. The van der Waals surface area contributed by atoms with Crippen molar-refractivity contribution in [2.24, 2.45) is 5.73 Å². The minimum absolute atomic E-state index is 0.237. The van der Waals surface area contributed by atoms with Gasteiger partial charge in [0.1, 0.15) is 5.82 Å². The first kappa shape index (κ1) is 9.37. The van der Waals surface area contributed by atoms with E-state index in [4.69, 9.17) is 5.73 Å². The van der Waals surface area contributed by atoms with Crippen LogP contribution < -0.4 is 5.73 Å². The van der Waals surface area contributed by atoms with Gasteiger partial charge in [0.05, 0.1) is 10.2 Å². The summed E-state index contributed by atoms with van der Waals surface area (Å²) >= 11 is 3.26. The lowest BCUT2D eigenvalue weighted by atomic mass is 10.1. The molecule has 1 aromatic carbocycles. The summed E-state index contributed by atoms with van der Waals surface area (Å²) in [6.45, 7) is 0. The first-order chi connectivity index (χ1) is 6.00. The zero-order valence-corrected chi connectivity index (χ0v) is 9.49. The Bertz CT molecular complexity index is 365. The van der Waals surface area contributed by atoms with Gasteiger partial charge in [0.25, 0.3) is 0 Å². The summed E-state index contributed by atoms with van der Waals surface area (Å²) in [6, 6.07) is 3.37. The van der Waals surface area contributed by atoms with Crippen molar-refractivity contribution in [1.29, 1.82) is 0 Å². The number of fused-ring (bicyclic) bond motifs is 1. The van der Waals surface area contributed by atoms with E-state index in [2.05, 4.69) is 26.2 Å². The van der Waals surface area contributed by atoms with Crippen LogP contribution in [-0.2, 0) is 11.6 Å². The third-order valence-electron chi connectivity index (χ3n) is 2.37. The number of benzene rings is 1. The maximum atomic E-state index is 13.5. The number of hydrogen-bond donors (Lipinski definition) is 1. The fourth-order valence-electron chi connectivity index (χ4n) is 1.78. The molecule has 1 aliphatic carbocycles. The third-order valence-corrected chi connectivity index (χ3v) is 3.33. The summed E-state index contributed by atoms with van der Waals surface area (Å²) < 4.78 is 14.3. The monoisotopic (exact) mass is 256 g/mol. The van der Waals surface area contributed by atoms with Crippen LogP contribution in [0, 0.1) is 5.82 Å². The Kier molecular flexibility index (Phi) is 2.09. The van der Waals surface area contributed by atoms with Gasteiger partial charge in [-0.3, -0.25) is 0 Å². The van der Waals surface area contributed by atoms with Gasteiger partial charge >= 0.3 is 0 Å². The van der Waals surface area contributed by atoms with Crippen LogP contribution in [0.4, 0.5) is 4.39 Å². The van der Waals surface area contributed by atoms with Gasteiger partial charge in [-0.25, -0.2) is 4.39 Å². The fraction of sp³-hybridized carbons (Fsp3) is 0.333. The second-order valence-corrected chi connectivity index (χ2v) is 5.20. The molecule has 2 rings (SSSR count). The van der Waals surface area contributed by atoms with Crippen LogP contribution in [0.3, 0.4) is 0 Å². The van der Waals surface area contributed by atoms with Crippen LogP contribution >= 0.6 is 15.9 Å². The van der Waals surface area contributed by atoms with Crippen LogP contribution in [0.25, 0.3) is 0 Å². The van der Waals surface area contributed by atoms with E-state index in [1.165, 1.54) is 6.07 Å². The van der Waals surface area contributed by atoms with Gasteiger partial charge in [0.15, 0.2) is 0 Å². The standard InChI is InChI=1S/C9H8BrFNSi/c10-6-3-5-1-2-9(12,13)8(5)7(11)4-6/h3-4H,1-2,12H2/t9-/m1/s1. The van der Waals surface area contributed by atoms with E-state index >= 15 is 0 Å². The molecule has 0 unspecified atom stereocenters. The normalized spacial score (nSPS) is 26.2. The Hall–Kier alpha value is -0.193. The van der Waals surface area contributed by atoms with Crippen molar-refractivity contribution in [3.63, 3.8) is 0 Å². The number of halogens is 2. The lowest BCUT2D eigenvalue weighted by Crippen LogP contribution is -2.35. The molecule has 13 heavy (non-hydrogen) atoms. The fourth-order valence-corrected chi connectivity index (χ4v) is 2.66. The zero-order chi connectivity index (χ0) is 9.64. The first-order valence-corrected chi connectivity index (χ1v) is 5.32. The minimum atomic E-state index is -0.680. The van der Waals surface area contributed by atoms with Crippen molar-refractivity contribution in [3.05, 3.63) is 33.5 Å². The van der Waals surface area contributed by atoms with E-state index in [0.717, 1.165) is 22.9 Å². The smallest absolute Gasteiger partial charge is 0.129 e. The van der Waals surface area contributed by atoms with Gasteiger partial charge < -0.3 is 5.73 Å². The summed E-state index contributed by atoms with van der Waals surface area (Å²) in [4.78, 5) is 0. The highest BCUT2D eigenvalue weighted by Crippen LogP contribution is 2.36. The average Bonchev–Trinajstić information content (AvgIpc) is 2.26. The molecule has 0 saturated heterocycles. The molecule has 3 radical (unpaired) electrons. The maximum Gasteiger partial charge on any atom is 0.129 e. The van der Waals surface area contributed by atoms with Crippen molar-refractivity contribution in [3.8, 4) is 0 Å². The highest BCUT2D eigenvalue weighted by atomic mass is 79.9. The molecule has 0 bridgehead atoms. The van der Waals surface area contributed by atoms with Gasteiger partial charge in [-0.05, 0) is 30.5 Å². The maximum absolute atomic E-state index is 13.5. The number of hydrogen-bond acceptors (Lipinski definition) is 1. The van der Waals surface area contributed by atoms with Crippen LogP contribution in [0.2, 0.25) is 0 Å². The Morgan fingerprint density at radius 2 is 2.23 bits per heavy atom. The van der Waals surface area contributed by atoms with Gasteiger partial charge in [0.2, 0.25) is 0 Å². The van der Waals surface area contributed by atoms with E-state index < -0.39 is 5.16 Å². The summed E-state index contributed by atoms with van der Waals surface area (Å²) in [5, 5.41) is -0.680. The second-order valence-electron chi connectivity index (χ2n) is 3.39. The number of nitrogens with two attached hydrogens (primary N) is 1. The van der Waals surface area contributed by atoms with Gasteiger partial charge in [-0.2, -0.15) is 0 Å². The van der Waals surface area contributed by atoms with Crippen molar-refractivity contribution < 1.29 is 4.39 Å². The predicted molar refractivity (Wildman–Crippen MR) is 54.0 cm³/mol. The number of rotatable bonds is 0. The van der Waals surface area contributed by atoms with Crippen molar-refractivity contribution in [2.45, 2.75) is 18.0 Å². The van der Waals surface area contributed by atoms with E-state index in [1.807, 2.05) is 6.07 Å². The van der Waals surface area contributed by atoms with Crippen molar-refractivity contribution >= 4 is 26.2 Å². The SMILES string of the molecule is N[C@@]1([Si])CCc2cc(Br)cc(F)c21. The van der Waals surface area contributed by atoms with Crippen LogP contribution in [0.5, 0.6) is 0 Å². The van der Waals surface area contributed by atoms with E-state index in [0.29, 0.717) is 5.56 Å². The molecule has 1 atom stereocenters. The van der Waals surface area contributed by atoms with Gasteiger partial charge in [-0.1, -0.05) is 15.9 Å². The topological polar surface area (TPSA) is 26.0 Å². The van der Waals surface area contributed by atoms with Crippen molar-refractivity contribution in [2.75, 3.05) is 0 Å². The predicted octanol–water partition coefficient (Wildman–Crippen LogP) is 1.81. The average molecular weight is 257 g/mol. The Morgan fingerprint density at radius 3 is 2.92 bits per heavy atom. The van der Waals surface area contributed by atoms with Gasteiger partial charge in [-0.15, -0.1) is 0 Å². The summed E-state index contributed by atoms with van der Waals surface area (Å²) in [5.74, 6) is -0.237. The highest BCUT2D eigenvalue weighted by Gasteiger charge is 2.33. The molecule has 4 heteroatoms. The van der Waals surface area contributed by atoms with E-state index in [1.54, 1.807) is 0 Å². The molecule has 1 nitrogen and oxygen atoms in total. The molecule has 0 fully saturated rings. The lowest BCUT2D eigenvalue weighted by molar-refractivity contribution is 0.558. The minimum Gasteiger partial charge on any atom is -0.325 e. The lowest BCUT2D eigenvalue weighted by Gasteiger charge is -2.19. The van der Waals surface area contributed by atoms with Crippen LogP contribution in [-0.4, -0.2) is 10.2 Å². The van der Waals surface area contributed by atoms with Crippen LogP contribution in [0.15, 0.2) is 16.6 Å². The van der Waals surface area contributed by atoms with Crippen molar-refractivity contribution in [1.82, 2.24) is 0 Å². The number of aryl methyl sites for hydroxylation is 1. The molecule has 67 valence electrons. The summed E-state index contributed by atoms with van der Waals surface area (Å²) in [6.07, 6.45) is 1.57.